The molecule has 2 saturated carbocycles. The molecule has 1 amide bonds. The van der Waals surface area contributed by atoms with Gasteiger partial charge in [0.1, 0.15) is 4.90 Å². The smallest absolute Gasteiger partial charge is 0.251 e. The van der Waals surface area contributed by atoms with E-state index in [1.165, 1.54) is 16.8 Å². The molecule has 33 heavy (non-hydrogen) atoms. The number of sulfonamides is 1. The maximum Gasteiger partial charge on any atom is 0.251 e. The highest BCUT2D eigenvalue weighted by Gasteiger charge is 2.60. The molecule has 2 bridgehead atoms. The molecule has 2 aromatic carbocycles. The molecule has 1 heterocycles. The summed E-state index contributed by atoms with van der Waals surface area (Å²) in [5, 5.41) is 6.26. The molecule has 2 fully saturated rings. The van der Waals surface area contributed by atoms with Gasteiger partial charge >= 0.3 is 0 Å². The van der Waals surface area contributed by atoms with E-state index in [1.54, 1.807) is 19.2 Å². The third kappa shape index (κ3) is 3.39. The normalized spacial score (nSPS) is 28.0. The van der Waals surface area contributed by atoms with Crippen LogP contribution in [0.4, 0.5) is 5.69 Å². The Morgan fingerprint density at radius 1 is 1.06 bits per heavy atom. The van der Waals surface area contributed by atoms with Gasteiger partial charge in [0.05, 0.1) is 5.69 Å². The number of hydrogen-bond donors (Lipinski definition) is 2. The molecule has 176 valence electrons. The lowest BCUT2D eigenvalue weighted by Gasteiger charge is -2.44. The van der Waals surface area contributed by atoms with Gasteiger partial charge in [0, 0.05) is 31.7 Å². The minimum atomic E-state index is -3.78. The van der Waals surface area contributed by atoms with Gasteiger partial charge in [0.2, 0.25) is 10.0 Å². The van der Waals surface area contributed by atoms with Crippen molar-refractivity contribution in [3.05, 3.63) is 59.2 Å². The van der Waals surface area contributed by atoms with Gasteiger partial charge < -0.3 is 10.6 Å². The Hall–Kier alpha value is -2.38. The zero-order valence-electron chi connectivity index (χ0n) is 19.8. The fourth-order valence-corrected chi connectivity index (χ4v) is 7.96. The Labute approximate surface area is 196 Å². The van der Waals surface area contributed by atoms with Gasteiger partial charge in [0.25, 0.3) is 5.91 Å². The highest BCUT2D eigenvalue weighted by Crippen LogP contribution is 2.63. The van der Waals surface area contributed by atoms with Crippen molar-refractivity contribution in [1.82, 2.24) is 9.62 Å². The van der Waals surface area contributed by atoms with E-state index in [-0.39, 0.29) is 27.7 Å². The van der Waals surface area contributed by atoms with Crippen LogP contribution in [0.15, 0.2) is 47.4 Å². The summed E-state index contributed by atoms with van der Waals surface area (Å²) in [6, 6.07) is 12.8. The van der Waals surface area contributed by atoms with Crippen molar-refractivity contribution in [2.75, 3.05) is 12.4 Å². The van der Waals surface area contributed by atoms with Crippen LogP contribution in [0.3, 0.4) is 0 Å². The molecule has 2 N–H and O–H groups in total. The second kappa shape index (κ2) is 7.57. The van der Waals surface area contributed by atoms with Crippen molar-refractivity contribution >= 4 is 21.6 Å². The summed E-state index contributed by atoms with van der Waals surface area (Å²) >= 11 is 0. The fourth-order valence-electron chi connectivity index (χ4n) is 6.34. The Morgan fingerprint density at radius 2 is 1.73 bits per heavy atom. The van der Waals surface area contributed by atoms with Gasteiger partial charge in [-0.25, -0.2) is 8.42 Å². The van der Waals surface area contributed by atoms with Gasteiger partial charge in [-0.15, -0.1) is 0 Å². The lowest BCUT2D eigenvalue weighted by atomic mass is 9.64. The second-order valence-electron chi connectivity index (χ2n) is 10.7. The molecule has 6 nitrogen and oxygen atoms in total. The standard InChI is InChI=1S/C26H33N3O3S/c1-25(2)23(18-11-12-26(25,3)14-18)28-24(30)17-9-10-21(27-4)22(13-17)33(31,32)29-15-19-7-5-6-8-20(19)16-29/h5-10,13,18,23,27H,11-12,14-16H2,1-4H3,(H,28,30). The number of hydrogen-bond acceptors (Lipinski definition) is 4. The Morgan fingerprint density at radius 3 is 2.30 bits per heavy atom. The Bertz CT molecular complexity index is 1200. The van der Waals surface area contributed by atoms with E-state index in [1.807, 2.05) is 24.3 Å². The monoisotopic (exact) mass is 467 g/mol. The second-order valence-corrected chi connectivity index (χ2v) is 12.6. The van der Waals surface area contributed by atoms with Gasteiger partial charge in [-0.3, -0.25) is 4.79 Å². The molecule has 0 spiro atoms. The van der Waals surface area contributed by atoms with E-state index in [4.69, 9.17) is 0 Å². The topological polar surface area (TPSA) is 78.5 Å². The van der Waals surface area contributed by atoms with Crippen LogP contribution in [0.1, 0.15) is 61.5 Å². The summed E-state index contributed by atoms with van der Waals surface area (Å²) in [4.78, 5) is 13.5. The van der Waals surface area contributed by atoms with E-state index >= 15 is 0 Å². The van der Waals surface area contributed by atoms with Crippen LogP contribution in [0.25, 0.3) is 0 Å². The molecule has 2 aliphatic carbocycles. The first-order chi connectivity index (χ1) is 15.6. The first-order valence-corrected chi connectivity index (χ1v) is 13.2. The number of rotatable bonds is 5. The van der Waals surface area contributed by atoms with E-state index in [0.29, 0.717) is 30.3 Å². The minimum Gasteiger partial charge on any atom is -0.387 e. The Balaban J connectivity index is 1.43. The quantitative estimate of drug-likeness (QED) is 0.684. The number of carbonyl (C=O) groups excluding carboxylic acids is 1. The number of anilines is 1. The van der Waals surface area contributed by atoms with Crippen LogP contribution in [0.2, 0.25) is 0 Å². The van der Waals surface area contributed by atoms with Gasteiger partial charge in [-0.2, -0.15) is 4.31 Å². The molecule has 3 aliphatic rings. The van der Waals surface area contributed by atoms with Crippen molar-refractivity contribution in [1.29, 1.82) is 0 Å². The van der Waals surface area contributed by atoms with Crippen LogP contribution in [0, 0.1) is 16.7 Å². The highest BCUT2D eigenvalue weighted by atomic mass is 32.2. The molecule has 2 aromatic rings. The van der Waals surface area contributed by atoms with E-state index in [9.17, 15) is 13.2 Å². The molecule has 3 atom stereocenters. The molecular weight excluding hydrogens is 434 g/mol. The molecular formula is C26H33N3O3S. The van der Waals surface area contributed by atoms with Crippen molar-refractivity contribution in [2.45, 2.75) is 64.1 Å². The van der Waals surface area contributed by atoms with Crippen LogP contribution in [0.5, 0.6) is 0 Å². The fraction of sp³-hybridized carbons (Fsp3) is 0.500. The third-order valence-corrected chi connectivity index (χ3v) is 10.6. The molecule has 7 heteroatoms. The summed E-state index contributed by atoms with van der Waals surface area (Å²) < 4.78 is 28.7. The zero-order valence-corrected chi connectivity index (χ0v) is 20.6. The van der Waals surface area contributed by atoms with E-state index in [0.717, 1.165) is 24.0 Å². The van der Waals surface area contributed by atoms with Crippen LogP contribution in [-0.2, 0) is 23.1 Å². The number of fused-ring (bicyclic) bond motifs is 3. The van der Waals surface area contributed by atoms with Crippen molar-refractivity contribution in [3.63, 3.8) is 0 Å². The van der Waals surface area contributed by atoms with E-state index in [2.05, 4.69) is 31.4 Å². The summed E-state index contributed by atoms with van der Waals surface area (Å²) in [6.45, 7) is 7.52. The number of carbonyl (C=O) groups is 1. The van der Waals surface area contributed by atoms with Crippen molar-refractivity contribution in [3.8, 4) is 0 Å². The van der Waals surface area contributed by atoms with Crippen LogP contribution >= 0.6 is 0 Å². The highest BCUT2D eigenvalue weighted by molar-refractivity contribution is 7.89. The molecule has 1 aliphatic heterocycles. The molecule has 5 rings (SSSR count). The summed E-state index contributed by atoms with van der Waals surface area (Å²) in [5.74, 6) is 0.282. The summed E-state index contributed by atoms with van der Waals surface area (Å²) in [7, 11) is -2.08. The van der Waals surface area contributed by atoms with Gasteiger partial charge in [-0.1, -0.05) is 45.0 Å². The van der Waals surface area contributed by atoms with Gasteiger partial charge in [-0.05, 0) is 65.3 Å². The Kier molecular flexibility index (Phi) is 5.14. The predicted octanol–water partition coefficient (Wildman–Crippen LogP) is 4.38. The molecule has 3 unspecified atom stereocenters. The first kappa shape index (κ1) is 22.4. The van der Waals surface area contributed by atoms with Gasteiger partial charge in [0.15, 0.2) is 0 Å². The molecule has 0 aromatic heterocycles. The maximum atomic E-state index is 13.6. The minimum absolute atomic E-state index is 0.00667. The first-order valence-electron chi connectivity index (χ1n) is 11.8. The summed E-state index contributed by atoms with van der Waals surface area (Å²) in [5.41, 5.74) is 3.17. The lowest BCUT2D eigenvalue weighted by Crippen LogP contribution is -2.51. The SMILES string of the molecule is CNc1ccc(C(=O)NC2C3CCC(C)(C3)C2(C)C)cc1S(=O)(=O)N1Cc2ccccc2C1. The number of benzene rings is 2. The molecule has 0 radical (unpaired) electrons. The maximum absolute atomic E-state index is 13.6. The largest absolute Gasteiger partial charge is 0.387 e. The molecule has 0 saturated heterocycles. The third-order valence-electron chi connectivity index (χ3n) is 8.81. The number of nitrogens with zero attached hydrogens (tertiary/aromatic N) is 1. The zero-order chi connectivity index (χ0) is 23.6. The summed E-state index contributed by atoms with van der Waals surface area (Å²) in [6.07, 6.45) is 3.48. The number of amides is 1. The number of nitrogens with one attached hydrogen (secondary N) is 2. The average molecular weight is 468 g/mol. The van der Waals surface area contributed by atoms with Crippen LogP contribution < -0.4 is 10.6 Å². The average Bonchev–Trinajstić information content (AvgIpc) is 3.45. The predicted molar refractivity (Wildman–Crippen MR) is 129 cm³/mol. The van der Waals surface area contributed by atoms with Crippen molar-refractivity contribution in [2.24, 2.45) is 16.7 Å². The van der Waals surface area contributed by atoms with E-state index < -0.39 is 10.0 Å². The van der Waals surface area contributed by atoms with Crippen LogP contribution in [-0.4, -0.2) is 31.7 Å². The lowest BCUT2D eigenvalue weighted by molar-refractivity contribution is 0.0622. The van der Waals surface area contributed by atoms with Crippen molar-refractivity contribution < 1.29 is 13.2 Å².